The number of thioether (sulfide) groups is 1. The highest BCUT2D eigenvalue weighted by Crippen LogP contribution is 2.35. The summed E-state index contributed by atoms with van der Waals surface area (Å²) in [5.41, 5.74) is 2.55. The van der Waals surface area contributed by atoms with E-state index in [1.807, 2.05) is 30.3 Å². The van der Waals surface area contributed by atoms with Crippen LogP contribution in [-0.4, -0.2) is 5.12 Å². The quantitative estimate of drug-likeness (QED) is 0.812. The number of hydrogen-bond donors (Lipinski definition) is 0. The van der Waals surface area contributed by atoms with Gasteiger partial charge in [-0.1, -0.05) is 60.3 Å². The lowest BCUT2D eigenvalue weighted by Crippen LogP contribution is -2.21. The first-order chi connectivity index (χ1) is 8.83. The Morgan fingerprint density at radius 2 is 1.72 bits per heavy atom. The van der Waals surface area contributed by atoms with Crippen LogP contribution in [0.15, 0.2) is 59.5 Å². The first kappa shape index (κ1) is 11.5. The average molecular weight is 254 g/mol. The second-order valence-corrected chi connectivity index (χ2v) is 5.67. The van der Waals surface area contributed by atoms with Gasteiger partial charge in [0.05, 0.1) is 0 Å². The number of benzene rings is 2. The minimum atomic E-state index is 0.118. The summed E-state index contributed by atoms with van der Waals surface area (Å²) in [5, 5.41) is 0.303. The van der Waals surface area contributed by atoms with E-state index >= 15 is 0 Å². The van der Waals surface area contributed by atoms with Crippen molar-refractivity contribution >= 4 is 16.9 Å². The normalized spacial score (nSPS) is 18.4. The molecule has 18 heavy (non-hydrogen) atoms. The molecule has 0 radical (unpaired) electrons. The Bertz CT molecular complexity index is 562. The van der Waals surface area contributed by atoms with Crippen LogP contribution in [0.4, 0.5) is 0 Å². The minimum absolute atomic E-state index is 0.118. The van der Waals surface area contributed by atoms with Crippen LogP contribution in [0.3, 0.4) is 0 Å². The molecule has 0 saturated carbocycles. The zero-order chi connectivity index (χ0) is 12.4. The Kier molecular flexibility index (Phi) is 3.20. The van der Waals surface area contributed by atoms with Gasteiger partial charge in [-0.3, -0.25) is 4.79 Å². The fraction of sp³-hybridized carbons (Fsp3) is 0.188. The fourth-order valence-corrected chi connectivity index (χ4v) is 3.35. The van der Waals surface area contributed by atoms with Gasteiger partial charge in [0.25, 0.3) is 0 Å². The predicted octanol–water partition coefficient (Wildman–Crippen LogP) is 3.72. The van der Waals surface area contributed by atoms with Gasteiger partial charge in [0.1, 0.15) is 0 Å². The van der Waals surface area contributed by atoms with Gasteiger partial charge in [0.15, 0.2) is 5.12 Å². The molecule has 0 amide bonds. The molecule has 0 saturated heterocycles. The SMILES string of the molecule is O=C1Sc2ccccc2CC1Cc1ccccc1. The smallest absolute Gasteiger partial charge is 0.197 e. The van der Waals surface area contributed by atoms with Crippen molar-refractivity contribution in [1.82, 2.24) is 0 Å². The Morgan fingerprint density at radius 1 is 1.00 bits per heavy atom. The summed E-state index contributed by atoms with van der Waals surface area (Å²) < 4.78 is 0. The van der Waals surface area contributed by atoms with E-state index in [1.165, 1.54) is 22.9 Å². The van der Waals surface area contributed by atoms with Crippen molar-refractivity contribution in [2.24, 2.45) is 5.92 Å². The maximum Gasteiger partial charge on any atom is 0.197 e. The summed E-state index contributed by atoms with van der Waals surface area (Å²) in [6.45, 7) is 0. The molecule has 2 aromatic rings. The van der Waals surface area contributed by atoms with E-state index < -0.39 is 0 Å². The Balaban J connectivity index is 1.81. The number of rotatable bonds is 2. The summed E-state index contributed by atoms with van der Waals surface area (Å²) >= 11 is 1.40. The van der Waals surface area contributed by atoms with Crippen molar-refractivity contribution in [1.29, 1.82) is 0 Å². The molecular formula is C16H14OS. The van der Waals surface area contributed by atoms with Crippen LogP contribution in [0.1, 0.15) is 11.1 Å². The topological polar surface area (TPSA) is 17.1 Å². The van der Waals surface area contributed by atoms with Crippen LogP contribution in [0.2, 0.25) is 0 Å². The van der Waals surface area contributed by atoms with Crippen LogP contribution < -0.4 is 0 Å². The third kappa shape index (κ3) is 2.34. The van der Waals surface area contributed by atoms with Crippen molar-refractivity contribution in [2.45, 2.75) is 17.7 Å². The molecule has 0 fully saturated rings. The molecule has 0 N–H and O–H groups in total. The fourth-order valence-electron chi connectivity index (χ4n) is 2.37. The molecular weight excluding hydrogens is 240 g/mol. The number of hydrogen-bond acceptors (Lipinski definition) is 2. The lowest BCUT2D eigenvalue weighted by Gasteiger charge is -2.22. The highest BCUT2D eigenvalue weighted by molar-refractivity contribution is 8.13. The van der Waals surface area contributed by atoms with Crippen LogP contribution >= 0.6 is 11.8 Å². The van der Waals surface area contributed by atoms with E-state index in [-0.39, 0.29) is 5.92 Å². The highest BCUT2D eigenvalue weighted by atomic mass is 32.2. The van der Waals surface area contributed by atoms with Gasteiger partial charge in [-0.05, 0) is 30.0 Å². The molecule has 0 spiro atoms. The summed E-state index contributed by atoms with van der Waals surface area (Å²) in [4.78, 5) is 13.3. The molecule has 1 atom stereocenters. The average Bonchev–Trinajstić information content (AvgIpc) is 2.41. The van der Waals surface area contributed by atoms with Gasteiger partial charge in [-0.15, -0.1) is 0 Å². The summed E-state index contributed by atoms with van der Waals surface area (Å²) in [5.74, 6) is 0.118. The molecule has 1 unspecified atom stereocenters. The number of carbonyl (C=O) groups excluding carboxylic acids is 1. The molecule has 1 aliphatic rings. The van der Waals surface area contributed by atoms with E-state index in [0.29, 0.717) is 5.12 Å². The molecule has 2 aromatic carbocycles. The standard InChI is InChI=1S/C16H14OS/c17-16-14(10-12-6-2-1-3-7-12)11-13-8-4-5-9-15(13)18-16/h1-9,14H,10-11H2. The maximum absolute atomic E-state index is 12.1. The number of carbonyl (C=O) groups is 1. The molecule has 0 aromatic heterocycles. The van der Waals surface area contributed by atoms with Crippen molar-refractivity contribution in [2.75, 3.05) is 0 Å². The van der Waals surface area contributed by atoms with E-state index in [2.05, 4.69) is 24.3 Å². The minimum Gasteiger partial charge on any atom is -0.287 e. The van der Waals surface area contributed by atoms with Crippen molar-refractivity contribution < 1.29 is 4.79 Å². The molecule has 1 heterocycles. The molecule has 90 valence electrons. The lowest BCUT2D eigenvalue weighted by molar-refractivity contribution is -0.114. The summed E-state index contributed by atoms with van der Waals surface area (Å²) in [6, 6.07) is 18.5. The van der Waals surface area contributed by atoms with Crippen LogP contribution in [0, 0.1) is 5.92 Å². The summed E-state index contributed by atoms with van der Waals surface area (Å²) in [7, 11) is 0. The van der Waals surface area contributed by atoms with E-state index in [4.69, 9.17) is 0 Å². The Labute approximate surface area is 111 Å². The molecule has 0 bridgehead atoms. The van der Waals surface area contributed by atoms with Crippen molar-refractivity contribution in [3.05, 3.63) is 65.7 Å². The number of fused-ring (bicyclic) bond motifs is 1. The van der Waals surface area contributed by atoms with Gasteiger partial charge in [-0.25, -0.2) is 0 Å². The van der Waals surface area contributed by atoms with Gasteiger partial charge < -0.3 is 0 Å². The zero-order valence-electron chi connectivity index (χ0n) is 10.0. The second-order valence-electron chi connectivity index (χ2n) is 4.62. The molecule has 2 heteroatoms. The third-order valence-electron chi connectivity index (χ3n) is 3.31. The molecule has 3 rings (SSSR count). The molecule has 0 aliphatic carbocycles. The van der Waals surface area contributed by atoms with Crippen LogP contribution in [0.5, 0.6) is 0 Å². The first-order valence-electron chi connectivity index (χ1n) is 6.16. The van der Waals surface area contributed by atoms with Gasteiger partial charge >= 0.3 is 0 Å². The second kappa shape index (κ2) is 4.99. The predicted molar refractivity (Wildman–Crippen MR) is 74.6 cm³/mol. The van der Waals surface area contributed by atoms with Gasteiger partial charge in [0, 0.05) is 10.8 Å². The van der Waals surface area contributed by atoms with Gasteiger partial charge in [-0.2, -0.15) is 0 Å². The maximum atomic E-state index is 12.1. The molecule has 1 aliphatic heterocycles. The largest absolute Gasteiger partial charge is 0.287 e. The Morgan fingerprint density at radius 3 is 2.56 bits per heavy atom. The van der Waals surface area contributed by atoms with E-state index in [1.54, 1.807) is 0 Å². The Hall–Kier alpha value is -1.54. The lowest BCUT2D eigenvalue weighted by atomic mass is 9.93. The monoisotopic (exact) mass is 254 g/mol. The van der Waals surface area contributed by atoms with Crippen molar-refractivity contribution in [3.63, 3.8) is 0 Å². The summed E-state index contributed by atoms with van der Waals surface area (Å²) in [6.07, 6.45) is 1.72. The van der Waals surface area contributed by atoms with Crippen LogP contribution in [-0.2, 0) is 17.6 Å². The van der Waals surface area contributed by atoms with E-state index in [0.717, 1.165) is 17.7 Å². The van der Waals surface area contributed by atoms with E-state index in [9.17, 15) is 4.79 Å². The highest BCUT2D eigenvalue weighted by Gasteiger charge is 2.26. The molecule has 1 nitrogen and oxygen atoms in total. The van der Waals surface area contributed by atoms with Crippen molar-refractivity contribution in [3.8, 4) is 0 Å². The first-order valence-corrected chi connectivity index (χ1v) is 6.98. The third-order valence-corrected chi connectivity index (χ3v) is 4.46. The van der Waals surface area contributed by atoms with Gasteiger partial charge in [0.2, 0.25) is 0 Å². The zero-order valence-corrected chi connectivity index (χ0v) is 10.8. The van der Waals surface area contributed by atoms with Crippen LogP contribution in [0.25, 0.3) is 0 Å².